The van der Waals surface area contributed by atoms with Crippen molar-refractivity contribution < 1.29 is 14.3 Å². The lowest BCUT2D eigenvalue weighted by atomic mass is 10.0. The predicted molar refractivity (Wildman–Crippen MR) is 98.2 cm³/mol. The quantitative estimate of drug-likeness (QED) is 0.562. The Bertz CT molecular complexity index is 796. The molecule has 0 unspecified atom stereocenters. The summed E-state index contributed by atoms with van der Waals surface area (Å²) in [4.78, 5) is 16.2. The molecule has 0 saturated carbocycles. The lowest BCUT2D eigenvalue weighted by Gasteiger charge is -2.11. The largest absolute Gasteiger partial charge is 0.491 e. The van der Waals surface area contributed by atoms with Gasteiger partial charge < -0.3 is 14.0 Å². The van der Waals surface area contributed by atoms with E-state index < -0.39 is 5.97 Å². The van der Waals surface area contributed by atoms with E-state index in [0.717, 1.165) is 17.0 Å². The molecule has 0 saturated heterocycles. The number of hydrogen-bond acceptors (Lipinski definition) is 3. The van der Waals surface area contributed by atoms with E-state index in [9.17, 15) is 4.79 Å². The van der Waals surface area contributed by atoms with E-state index >= 15 is 0 Å². The first-order valence-electron chi connectivity index (χ1n) is 8.47. The molecule has 0 atom stereocenters. The minimum atomic E-state index is -0.410. The Balaban J connectivity index is 2.62. The predicted octanol–water partition coefficient (Wildman–Crippen LogP) is 4.77. The van der Waals surface area contributed by atoms with Crippen molar-refractivity contribution in [3.63, 3.8) is 0 Å². The van der Waals surface area contributed by atoms with Gasteiger partial charge in [0, 0.05) is 18.3 Å². The molecule has 0 radical (unpaired) electrons. The molecule has 1 aromatic carbocycles. The maximum atomic E-state index is 12.5. The highest BCUT2D eigenvalue weighted by molar-refractivity contribution is 6.01. The van der Waals surface area contributed by atoms with Crippen molar-refractivity contribution in [1.29, 1.82) is 0 Å². The molecule has 0 N–H and O–H groups in total. The number of aromatic nitrogens is 1. The van der Waals surface area contributed by atoms with Gasteiger partial charge in [-0.15, -0.1) is 0 Å². The molecule has 1 aromatic heterocycles. The summed E-state index contributed by atoms with van der Waals surface area (Å²) < 4.78 is 12.7. The van der Waals surface area contributed by atoms with Crippen LogP contribution in [0.3, 0.4) is 0 Å². The first kappa shape index (κ1) is 18.6. The van der Waals surface area contributed by atoms with Gasteiger partial charge in [-0.1, -0.05) is 19.1 Å². The second kappa shape index (κ2) is 7.89. The van der Waals surface area contributed by atoms with Crippen molar-refractivity contribution in [1.82, 2.24) is 4.57 Å². The van der Waals surface area contributed by atoms with Crippen LogP contribution in [0.2, 0.25) is 0 Å². The average molecular weight is 340 g/mol. The molecule has 5 nitrogen and oxygen atoms in total. The molecule has 0 spiro atoms. The fourth-order valence-corrected chi connectivity index (χ4v) is 2.93. The lowest BCUT2D eigenvalue weighted by Crippen LogP contribution is -2.12. The lowest BCUT2D eigenvalue weighted by molar-refractivity contribution is 0.0516. The number of ether oxygens (including phenoxy) is 2. The van der Waals surface area contributed by atoms with E-state index in [1.807, 2.05) is 45.0 Å². The minimum absolute atomic E-state index is 0.0863. The molecule has 0 amide bonds. The molecular weight excluding hydrogens is 316 g/mol. The van der Waals surface area contributed by atoms with Crippen molar-refractivity contribution >= 4 is 11.7 Å². The van der Waals surface area contributed by atoms with Gasteiger partial charge in [0.1, 0.15) is 11.4 Å². The molecular formula is C20H24N2O3. The summed E-state index contributed by atoms with van der Waals surface area (Å²) in [5, 5.41) is 0. The first-order chi connectivity index (χ1) is 11.9. The number of carbonyl (C=O) groups excluding carboxylic acids is 1. The zero-order valence-corrected chi connectivity index (χ0v) is 15.4. The molecule has 0 aliphatic carbocycles. The molecule has 2 rings (SSSR count). The van der Waals surface area contributed by atoms with Gasteiger partial charge in [-0.3, -0.25) is 0 Å². The van der Waals surface area contributed by atoms with Crippen LogP contribution in [0.25, 0.3) is 16.0 Å². The molecule has 25 heavy (non-hydrogen) atoms. The third-order valence-electron chi connectivity index (χ3n) is 3.92. The number of benzene rings is 1. The van der Waals surface area contributed by atoms with Gasteiger partial charge in [-0.2, -0.15) is 0 Å². The van der Waals surface area contributed by atoms with Crippen LogP contribution in [-0.2, 0) is 18.2 Å². The van der Waals surface area contributed by atoms with E-state index in [4.69, 9.17) is 16.0 Å². The topological polar surface area (TPSA) is 44.8 Å². The van der Waals surface area contributed by atoms with Gasteiger partial charge in [0.25, 0.3) is 0 Å². The summed E-state index contributed by atoms with van der Waals surface area (Å²) in [5.41, 5.74) is 3.19. The third-order valence-corrected chi connectivity index (χ3v) is 3.92. The normalized spacial score (nSPS) is 10.6. The Kier molecular flexibility index (Phi) is 5.87. The van der Waals surface area contributed by atoms with Gasteiger partial charge in [-0.05, 0) is 44.9 Å². The van der Waals surface area contributed by atoms with E-state index in [1.54, 1.807) is 18.5 Å². The van der Waals surface area contributed by atoms with E-state index in [1.165, 1.54) is 0 Å². The van der Waals surface area contributed by atoms with Crippen molar-refractivity contribution in [2.75, 3.05) is 6.61 Å². The number of nitrogens with zero attached hydrogens (tertiary/aromatic N) is 2. The smallest absolute Gasteiger partial charge is 0.354 e. The SMILES string of the molecule is [C-]#[N+]c1c(-c2ccc(OC(C)C)cc2)c(C(=O)OCC)n(C)c1CC. The number of esters is 1. The van der Waals surface area contributed by atoms with E-state index in [0.29, 0.717) is 30.0 Å². The Morgan fingerprint density at radius 3 is 2.36 bits per heavy atom. The zero-order valence-electron chi connectivity index (χ0n) is 15.4. The highest BCUT2D eigenvalue weighted by Gasteiger charge is 2.26. The Hall–Kier alpha value is -2.74. The third kappa shape index (κ3) is 3.69. The van der Waals surface area contributed by atoms with Crippen LogP contribution in [0.4, 0.5) is 5.69 Å². The summed E-state index contributed by atoms with van der Waals surface area (Å²) >= 11 is 0. The molecule has 2 aromatic rings. The van der Waals surface area contributed by atoms with Gasteiger partial charge in [0.2, 0.25) is 5.69 Å². The standard InChI is InChI=1S/C20H24N2O3/c1-7-16-18(21-5)17(19(22(16)6)20(23)24-8-2)14-9-11-15(12-10-14)25-13(3)4/h9-13H,7-8H2,1-4,6H3. The van der Waals surface area contributed by atoms with Crippen LogP contribution in [0.1, 0.15) is 43.9 Å². The van der Waals surface area contributed by atoms with Crippen LogP contribution in [0.5, 0.6) is 5.75 Å². The average Bonchev–Trinajstić information content (AvgIpc) is 2.86. The zero-order chi connectivity index (χ0) is 18.6. The Morgan fingerprint density at radius 2 is 1.88 bits per heavy atom. The van der Waals surface area contributed by atoms with Crippen LogP contribution in [-0.4, -0.2) is 23.2 Å². The molecule has 132 valence electrons. The fraction of sp³-hybridized carbons (Fsp3) is 0.400. The van der Waals surface area contributed by atoms with Crippen LogP contribution < -0.4 is 4.74 Å². The van der Waals surface area contributed by atoms with Crippen molar-refractivity contribution in [3.8, 4) is 16.9 Å². The van der Waals surface area contributed by atoms with Crippen LogP contribution in [0.15, 0.2) is 24.3 Å². The Morgan fingerprint density at radius 1 is 1.24 bits per heavy atom. The van der Waals surface area contributed by atoms with E-state index in [2.05, 4.69) is 4.85 Å². The summed E-state index contributed by atoms with van der Waals surface area (Å²) in [6.45, 7) is 15.6. The molecule has 0 bridgehead atoms. The number of hydrogen-bond donors (Lipinski definition) is 0. The second-order valence-electron chi connectivity index (χ2n) is 5.95. The fourth-order valence-electron chi connectivity index (χ4n) is 2.93. The van der Waals surface area contributed by atoms with Gasteiger partial charge in [0.05, 0.1) is 19.3 Å². The summed E-state index contributed by atoms with van der Waals surface area (Å²) in [6, 6.07) is 7.47. The summed E-state index contributed by atoms with van der Waals surface area (Å²) in [7, 11) is 1.81. The highest BCUT2D eigenvalue weighted by atomic mass is 16.5. The van der Waals surface area contributed by atoms with Crippen molar-refractivity contribution in [2.24, 2.45) is 7.05 Å². The maximum Gasteiger partial charge on any atom is 0.354 e. The molecule has 0 fully saturated rings. The van der Waals surface area contributed by atoms with Gasteiger partial charge in [0.15, 0.2) is 0 Å². The second-order valence-corrected chi connectivity index (χ2v) is 5.95. The van der Waals surface area contributed by atoms with Crippen molar-refractivity contribution in [3.05, 3.63) is 47.1 Å². The van der Waals surface area contributed by atoms with E-state index in [-0.39, 0.29) is 6.10 Å². The maximum absolute atomic E-state index is 12.5. The monoisotopic (exact) mass is 340 g/mol. The van der Waals surface area contributed by atoms with Crippen LogP contribution >= 0.6 is 0 Å². The van der Waals surface area contributed by atoms with Crippen LogP contribution in [0, 0.1) is 6.57 Å². The molecule has 1 heterocycles. The summed E-state index contributed by atoms with van der Waals surface area (Å²) in [6.07, 6.45) is 0.748. The number of carbonyl (C=O) groups is 1. The first-order valence-corrected chi connectivity index (χ1v) is 8.47. The minimum Gasteiger partial charge on any atom is -0.491 e. The molecule has 5 heteroatoms. The van der Waals surface area contributed by atoms with Crippen molar-refractivity contribution in [2.45, 2.75) is 40.2 Å². The molecule has 0 aliphatic heterocycles. The molecule has 0 aliphatic rings. The Labute approximate surface area is 149 Å². The van der Waals surface area contributed by atoms with Gasteiger partial charge in [-0.25, -0.2) is 9.64 Å². The summed E-state index contributed by atoms with van der Waals surface area (Å²) in [5.74, 6) is 0.347. The van der Waals surface area contributed by atoms with Gasteiger partial charge >= 0.3 is 5.97 Å². The highest BCUT2D eigenvalue weighted by Crippen LogP contribution is 2.40. The number of rotatable bonds is 6.